The Hall–Kier alpha value is -3.16. The van der Waals surface area contributed by atoms with Gasteiger partial charge in [0, 0.05) is 36.7 Å². The van der Waals surface area contributed by atoms with Crippen molar-refractivity contribution in [2.45, 2.75) is 83.0 Å². The number of aromatic hydroxyl groups is 3. The molecular formula is C32H41NO6. The lowest BCUT2D eigenvalue weighted by molar-refractivity contribution is -0.154. The van der Waals surface area contributed by atoms with Crippen LogP contribution in [0, 0.1) is 11.8 Å². The average Bonchev–Trinajstić information content (AvgIpc) is 3.43. The molecule has 2 fully saturated rings. The van der Waals surface area contributed by atoms with Gasteiger partial charge in [-0.05, 0) is 84.4 Å². The van der Waals surface area contributed by atoms with Gasteiger partial charge >= 0.3 is 0 Å². The molecule has 3 aromatic rings. The molecule has 0 unspecified atom stereocenters. The summed E-state index contributed by atoms with van der Waals surface area (Å²) in [6, 6.07) is 9.50. The van der Waals surface area contributed by atoms with Crippen molar-refractivity contribution in [3.05, 3.63) is 70.5 Å². The number of aromatic nitrogens is 1. The van der Waals surface area contributed by atoms with Crippen molar-refractivity contribution >= 4 is 0 Å². The lowest BCUT2D eigenvalue weighted by Gasteiger charge is -2.45. The summed E-state index contributed by atoms with van der Waals surface area (Å²) in [4.78, 5) is 3.06. The third kappa shape index (κ3) is 5.75. The maximum absolute atomic E-state index is 11.2. The second kappa shape index (κ2) is 11.5. The Kier molecular flexibility index (Phi) is 8.10. The van der Waals surface area contributed by atoms with E-state index in [-0.39, 0.29) is 35.2 Å². The Labute approximate surface area is 230 Å². The number of rotatable bonds is 8. The summed E-state index contributed by atoms with van der Waals surface area (Å²) in [6.07, 6.45) is 7.99. The summed E-state index contributed by atoms with van der Waals surface area (Å²) in [5, 5.41) is 42.7. The number of fused-ring (bicyclic) bond motifs is 1. The number of hydrogen-bond acceptors (Lipinski definition) is 6. The Morgan fingerprint density at radius 1 is 1.05 bits per heavy atom. The number of benzene rings is 2. The van der Waals surface area contributed by atoms with Crippen LogP contribution in [-0.4, -0.2) is 44.7 Å². The van der Waals surface area contributed by atoms with Crippen LogP contribution in [0.15, 0.2) is 42.7 Å². The van der Waals surface area contributed by atoms with Crippen molar-refractivity contribution in [3.63, 3.8) is 0 Å². The zero-order valence-electron chi connectivity index (χ0n) is 23.1. The smallest absolute Gasteiger partial charge is 0.200 e. The number of aryl methyl sites for hydroxylation is 1. The minimum atomic E-state index is -0.529. The first-order valence-electron chi connectivity index (χ1n) is 14.1. The van der Waals surface area contributed by atoms with Crippen LogP contribution in [0.2, 0.25) is 0 Å². The van der Waals surface area contributed by atoms with E-state index in [0.29, 0.717) is 24.5 Å². The van der Waals surface area contributed by atoms with Gasteiger partial charge in [-0.2, -0.15) is 0 Å². The van der Waals surface area contributed by atoms with Crippen LogP contribution in [0.4, 0.5) is 0 Å². The second-order valence-electron chi connectivity index (χ2n) is 11.7. The fraction of sp³-hybridized carbons (Fsp3) is 0.500. The van der Waals surface area contributed by atoms with Crippen LogP contribution >= 0.6 is 0 Å². The highest BCUT2D eigenvalue weighted by Gasteiger charge is 2.43. The number of phenolic OH excluding ortho intramolecular Hbond substituents is 3. The highest BCUT2D eigenvalue weighted by Crippen LogP contribution is 2.50. The van der Waals surface area contributed by atoms with Crippen LogP contribution in [0.3, 0.4) is 0 Å². The number of hydrogen-bond donors (Lipinski definition) is 5. The molecule has 2 aliphatic rings. The maximum Gasteiger partial charge on any atom is 0.200 e. The van der Waals surface area contributed by atoms with Gasteiger partial charge in [0.15, 0.2) is 11.5 Å². The molecule has 7 nitrogen and oxygen atoms in total. The summed E-state index contributed by atoms with van der Waals surface area (Å²) in [7, 11) is 1.48. The summed E-state index contributed by atoms with van der Waals surface area (Å²) in [6.45, 7) is 4.38. The number of H-pyrrole nitrogens is 1. The van der Waals surface area contributed by atoms with Gasteiger partial charge in [0.2, 0.25) is 5.75 Å². The lowest BCUT2D eigenvalue weighted by atomic mass is 9.71. The van der Waals surface area contributed by atoms with Crippen LogP contribution < -0.4 is 4.74 Å². The van der Waals surface area contributed by atoms with Crippen LogP contribution in [0.1, 0.15) is 85.8 Å². The Bertz CT molecular complexity index is 1270. The first-order valence-corrected chi connectivity index (χ1v) is 14.1. The molecule has 0 bridgehead atoms. The molecule has 210 valence electrons. The molecule has 1 saturated heterocycles. The molecule has 5 atom stereocenters. The zero-order valence-corrected chi connectivity index (χ0v) is 23.1. The molecule has 2 heterocycles. The quantitative estimate of drug-likeness (QED) is 0.223. The van der Waals surface area contributed by atoms with Crippen molar-refractivity contribution in [2.75, 3.05) is 7.11 Å². The number of methoxy groups -OCH3 is 1. The van der Waals surface area contributed by atoms with Gasteiger partial charge in [-0.15, -0.1) is 0 Å². The van der Waals surface area contributed by atoms with Gasteiger partial charge in [0.05, 0.1) is 25.4 Å². The van der Waals surface area contributed by atoms with E-state index in [1.165, 1.54) is 12.7 Å². The van der Waals surface area contributed by atoms with Gasteiger partial charge in [-0.3, -0.25) is 0 Å². The van der Waals surface area contributed by atoms with Gasteiger partial charge in [-0.1, -0.05) is 26.0 Å². The average molecular weight is 536 g/mol. The second-order valence-corrected chi connectivity index (χ2v) is 11.7. The van der Waals surface area contributed by atoms with E-state index in [1.54, 1.807) is 6.07 Å². The summed E-state index contributed by atoms with van der Waals surface area (Å²) in [5.74, 6) is 0.921. The minimum absolute atomic E-state index is 0.0516. The normalized spacial score (nSPS) is 25.0. The third-order valence-electron chi connectivity index (χ3n) is 8.66. The largest absolute Gasteiger partial charge is 0.508 e. The van der Waals surface area contributed by atoms with E-state index in [2.05, 4.69) is 24.9 Å². The van der Waals surface area contributed by atoms with Gasteiger partial charge in [0.1, 0.15) is 5.75 Å². The molecule has 1 saturated carbocycles. The number of ether oxygens (including phenoxy) is 2. The molecule has 1 aromatic heterocycles. The van der Waals surface area contributed by atoms with Crippen molar-refractivity contribution < 1.29 is 29.9 Å². The maximum atomic E-state index is 11.2. The predicted octanol–water partition coefficient (Wildman–Crippen LogP) is 6.09. The van der Waals surface area contributed by atoms with Gasteiger partial charge < -0.3 is 34.9 Å². The number of aliphatic hydroxyl groups excluding tert-OH is 1. The molecule has 5 rings (SSSR count). The van der Waals surface area contributed by atoms with E-state index < -0.39 is 12.2 Å². The number of aliphatic hydroxyl groups is 1. The standard InChI is InChI=1S/C32H41NO6/c1-18(2)4-5-22-13-20(7-9-26(22)34)21-6-8-23-27(35)16-30(39-29(23)14-21)24-15-28(36)31(37)32(38-3)25(24)12-19-10-11-33-17-19/h7,9-11,13,15,17-18,21,23,27,29-30,33-37H,4-6,8,12,14,16H2,1-3H3/t21-,23+,27+,29+,30+/m1/s1. The molecular weight excluding hydrogens is 494 g/mol. The minimum Gasteiger partial charge on any atom is -0.508 e. The molecule has 0 spiro atoms. The van der Waals surface area contributed by atoms with Crippen LogP contribution in [0.5, 0.6) is 23.0 Å². The van der Waals surface area contributed by atoms with Crippen molar-refractivity contribution in [3.8, 4) is 23.0 Å². The summed E-state index contributed by atoms with van der Waals surface area (Å²) < 4.78 is 12.3. The van der Waals surface area contributed by atoms with Gasteiger partial charge in [0.25, 0.3) is 0 Å². The van der Waals surface area contributed by atoms with Crippen LogP contribution in [0.25, 0.3) is 0 Å². The predicted molar refractivity (Wildman–Crippen MR) is 150 cm³/mol. The van der Waals surface area contributed by atoms with E-state index in [0.717, 1.165) is 54.4 Å². The summed E-state index contributed by atoms with van der Waals surface area (Å²) >= 11 is 0. The van der Waals surface area contributed by atoms with Crippen molar-refractivity contribution in [2.24, 2.45) is 11.8 Å². The van der Waals surface area contributed by atoms with E-state index in [9.17, 15) is 20.4 Å². The lowest BCUT2D eigenvalue weighted by Crippen LogP contribution is -2.44. The monoisotopic (exact) mass is 535 g/mol. The molecule has 1 aliphatic heterocycles. The Balaban J connectivity index is 1.41. The highest BCUT2D eigenvalue weighted by molar-refractivity contribution is 5.59. The van der Waals surface area contributed by atoms with Gasteiger partial charge in [-0.25, -0.2) is 0 Å². The molecule has 7 heteroatoms. The molecule has 0 radical (unpaired) electrons. The molecule has 0 amide bonds. The Morgan fingerprint density at radius 3 is 2.59 bits per heavy atom. The first kappa shape index (κ1) is 27.4. The number of aromatic amines is 1. The van der Waals surface area contributed by atoms with E-state index in [4.69, 9.17) is 9.47 Å². The zero-order chi connectivity index (χ0) is 27.7. The van der Waals surface area contributed by atoms with Crippen LogP contribution in [-0.2, 0) is 17.6 Å². The van der Waals surface area contributed by atoms with E-state index in [1.807, 2.05) is 30.6 Å². The SMILES string of the molecule is COc1c(O)c(O)cc([C@@H]2C[C@H](O)[C@@H]3CC[C@@H](c4ccc(O)c(CCC(C)C)c4)C[C@@H]3O2)c1Cc1cc[nH]c1. The molecule has 2 aromatic carbocycles. The van der Waals surface area contributed by atoms with E-state index >= 15 is 0 Å². The highest BCUT2D eigenvalue weighted by atomic mass is 16.5. The fourth-order valence-electron chi connectivity index (χ4n) is 6.47. The topological polar surface area (TPSA) is 115 Å². The molecule has 39 heavy (non-hydrogen) atoms. The number of nitrogens with one attached hydrogen (secondary N) is 1. The summed E-state index contributed by atoms with van der Waals surface area (Å²) in [5.41, 5.74) is 4.67. The van der Waals surface area contributed by atoms with Crippen molar-refractivity contribution in [1.82, 2.24) is 4.98 Å². The number of phenols is 3. The third-order valence-corrected chi connectivity index (χ3v) is 8.66. The fourth-order valence-corrected chi connectivity index (χ4v) is 6.47. The van der Waals surface area contributed by atoms with Crippen molar-refractivity contribution in [1.29, 1.82) is 0 Å². The Morgan fingerprint density at radius 2 is 1.87 bits per heavy atom. The molecule has 1 aliphatic carbocycles. The first-order chi connectivity index (χ1) is 18.7. The molecule has 5 N–H and O–H groups in total.